The number of pyridine rings is 2. The van der Waals surface area contributed by atoms with Crippen molar-refractivity contribution in [1.29, 1.82) is 5.26 Å². The molecule has 0 aliphatic carbocycles. The number of nitrogens with one attached hydrogen (secondary N) is 5. The first-order chi connectivity index (χ1) is 17.8. The van der Waals surface area contributed by atoms with Crippen molar-refractivity contribution in [1.82, 2.24) is 26.4 Å². The van der Waals surface area contributed by atoms with Crippen LogP contribution in [0.25, 0.3) is 10.9 Å². The molecule has 0 unspecified atom stereocenters. The lowest BCUT2D eigenvalue weighted by atomic mass is 10.0. The molecule has 180 valence electrons. The lowest BCUT2D eigenvalue weighted by Crippen LogP contribution is -2.33. The highest BCUT2D eigenvalue weighted by Gasteiger charge is 2.21. The van der Waals surface area contributed by atoms with Gasteiger partial charge in [0, 0.05) is 34.6 Å². The second-order valence-electron chi connectivity index (χ2n) is 7.59. The van der Waals surface area contributed by atoms with Crippen LogP contribution in [0.3, 0.4) is 0 Å². The normalized spacial score (nSPS) is 14.6. The molecule has 5 rings (SSSR count). The number of anilines is 3. The Hall–Kier alpha value is -4.17. The van der Waals surface area contributed by atoms with Gasteiger partial charge in [0.2, 0.25) is 5.95 Å². The first-order valence-electron chi connectivity index (χ1n) is 10.9. The van der Waals surface area contributed by atoms with Crippen LogP contribution in [0, 0.1) is 23.1 Å². The average molecular weight is 526 g/mol. The Morgan fingerprint density at radius 2 is 1.86 bits per heavy atom. The summed E-state index contributed by atoms with van der Waals surface area (Å²) in [5, 5.41) is 17.0. The van der Waals surface area contributed by atoms with E-state index in [-0.39, 0.29) is 22.0 Å². The summed E-state index contributed by atoms with van der Waals surface area (Å²) in [6.45, 7) is 0. The minimum atomic E-state index is -1.53. The van der Waals surface area contributed by atoms with Crippen molar-refractivity contribution in [3.63, 3.8) is 0 Å². The molecule has 0 spiro atoms. The van der Waals surface area contributed by atoms with E-state index < -0.39 is 17.8 Å². The molecule has 0 radical (unpaired) electrons. The van der Waals surface area contributed by atoms with E-state index in [0.717, 1.165) is 12.3 Å². The molecule has 0 amide bonds. The standard InChI is InChI=1S/C24H16Cl2F2N8/c25-14-3-1-12(2-4-14)22(20-11-32-36-35-20)33-15-5-17-21(34-16-7-19(27)24(28)31-10-16)13(8-29)9-30-23(17)18(26)6-15/h1-7,9-11,22,32-33,35-36H,(H,30,34)/t22-/m1/s1/i22D. The van der Waals surface area contributed by atoms with Crippen molar-refractivity contribution in [2.45, 2.75) is 6.02 Å². The highest BCUT2D eigenvalue weighted by molar-refractivity contribution is 6.36. The maximum atomic E-state index is 13.8. The lowest BCUT2D eigenvalue weighted by Gasteiger charge is -2.22. The third kappa shape index (κ3) is 4.67. The lowest BCUT2D eigenvalue weighted by molar-refractivity contribution is 0.480. The Morgan fingerprint density at radius 3 is 2.56 bits per heavy atom. The number of hydrogen-bond acceptors (Lipinski definition) is 8. The van der Waals surface area contributed by atoms with Crippen LogP contribution in [0.5, 0.6) is 0 Å². The van der Waals surface area contributed by atoms with E-state index in [1.165, 1.54) is 6.20 Å². The van der Waals surface area contributed by atoms with Crippen LogP contribution in [-0.4, -0.2) is 9.97 Å². The number of hydrazine groups is 2. The van der Waals surface area contributed by atoms with Gasteiger partial charge in [-0.15, -0.1) is 0 Å². The van der Waals surface area contributed by atoms with E-state index in [2.05, 4.69) is 37.0 Å². The van der Waals surface area contributed by atoms with Crippen molar-refractivity contribution in [3.8, 4) is 6.07 Å². The summed E-state index contributed by atoms with van der Waals surface area (Å²) < 4.78 is 36.5. The Kier molecular flexibility index (Phi) is 6.09. The fraction of sp³-hybridized carbons (Fsp3) is 0.0417. The van der Waals surface area contributed by atoms with Crippen LogP contribution in [0.4, 0.5) is 25.8 Å². The van der Waals surface area contributed by atoms with E-state index in [9.17, 15) is 15.4 Å². The van der Waals surface area contributed by atoms with Gasteiger partial charge in [-0.2, -0.15) is 15.2 Å². The summed E-state index contributed by atoms with van der Waals surface area (Å²) in [6, 6.07) is 11.5. The molecule has 0 fully saturated rings. The monoisotopic (exact) mass is 525 g/mol. The molecule has 5 N–H and O–H groups in total. The van der Waals surface area contributed by atoms with Gasteiger partial charge in [-0.3, -0.25) is 4.98 Å². The van der Waals surface area contributed by atoms with Gasteiger partial charge in [-0.1, -0.05) is 35.3 Å². The van der Waals surface area contributed by atoms with E-state index in [4.69, 9.17) is 23.2 Å². The Morgan fingerprint density at radius 1 is 1.06 bits per heavy atom. The second-order valence-corrected chi connectivity index (χ2v) is 8.44. The highest BCUT2D eigenvalue weighted by atomic mass is 35.5. The van der Waals surface area contributed by atoms with Crippen LogP contribution in [0.1, 0.15) is 18.5 Å². The van der Waals surface area contributed by atoms with Gasteiger partial charge < -0.3 is 21.5 Å². The zero-order chi connectivity index (χ0) is 26.2. The van der Waals surface area contributed by atoms with Gasteiger partial charge in [0.05, 0.1) is 46.8 Å². The minimum absolute atomic E-state index is 0.117. The van der Waals surface area contributed by atoms with Gasteiger partial charge in [-0.25, -0.2) is 9.37 Å². The number of halogens is 4. The van der Waals surface area contributed by atoms with Crippen LogP contribution in [0.15, 0.2) is 66.8 Å². The second kappa shape index (κ2) is 9.83. The summed E-state index contributed by atoms with van der Waals surface area (Å²) in [5.41, 5.74) is 10.7. The van der Waals surface area contributed by atoms with Gasteiger partial charge in [-0.05, 0) is 29.8 Å². The van der Waals surface area contributed by atoms with E-state index >= 15 is 0 Å². The van der Waals surface area contributed by atoms with Gasteiger partial charge in [0.15, 0.2) is 5.82 Å². The zero-order valence-electron chi connectivity index (χ0n) is 19.1. The Labute approximate surface area is 215 Å². The molecule has 3 heterocycles. The number of aromatic nitrogens is 2. The predicted octanol–water partition coefficient (Wildman–Crippen LogP) is 5.44. The third-order valence-electron chi connectivity index (χ3n) is 5.27. The minimum Gasteiger partial charge on any atom is -0.373 e. The van der Waals surface area contributed by atoms with Gasteiger partial charge in [0.25, 0.3) is 0 Å². The molecule has 1 atom stereocenters. The van der Waals surface area contributed by atoms with E-state index in [1.807, 2.05) is 6.07 Å². The maximum absolute atomic E-state index is 13.8. The van der Waals surface area contributed by atoms with Crippen molar-refractivity contribution in [3.05, 3.63) is 99.7 Å². The molecule has 8 nitrogen and oxygen atoms in total. The van der Waals surface area contributed by atoms with Crippen molar-refractivity contribution < 1.29 is 10.2 Å². The summed E-state index contributed by atoms with van der Waals surface area (Å²) in [7, 11) is 0. The molecule has 2 aromatic heterocycles. The molecular weight excluding hydrogens is 509 g/mol. The fourth-order valence-electron chi connectivity index (χ4n) is 3.62. The number of fused-ring (bicyclic) bond motifs is 1. The van der Waals surface area contributed by atoms with Crippen LogP contribution in [0.2, 0.25) is 10.0 Å². The zero-order valence-corrected chi connectivity index (χ0v) is 19.6. The van der Waals surface area contributed by atoms with E-state index in [1.54, 1.807) is 42.6 Å². The number of nitriles is 1. The van der Waals surface area contributed by atoms with Crippen molar-refractivity contribution >= 4 is 51.2 Å². The molecule has 1 aliphatic rings. The molecule has 12 heteroatoms. The Balaban J connectivity index is 1.63. The molecule has 0 bridgehead atoms. The summed E-state index contributed by atoms with van der Waals surface area (Å²) in [6.07, 6.45) is 4.02. The van der Waals surface area contributed by atoms with Gasteiger partial charge in [0.1, 0.15) is 6.07 Å². The molecule has 0 saturated carbocycles. The first kappa shape index (κ1) is 22.3. The number of rotatable bonds is 6. The molecule has 0 saturated heterocycles. The molecule has 36 heavy (non-hydrogen) atoms. The third-order valence-corrected chi connectivity index (χ3v) is 5.81. The van der Waals surface area contributed by atoms with Crippen LogP contribution >= 0.6 is 23.2 Å². The smallest absolute Gasteiger partial charge is 0.249 e. The quantitative estimate of drug-likeness (QED) is 0.212. The summed E-state index contributed by atoms with van der Waals surface area (Å²) in [4.78, 5) is 7.67. The number of benzene rings is 2. The molecule has 2 aromatic carbocycles. The van der Waals surface area contributed by atoms with E-state index in [0.29, 0.717) is 32.9 Å². The predicted molar refractivity (Wildman–Crippen MR) is 134 cm³/mol. The summed E-state index contributed by atoms with van der Waals surface area (Å²) in [5.74, 6) is -2.39. The van der Waals surface area contributed by atoms with Crippen molar-refractivity contribution in [2.24, 2.45) is 0 Å². The average Bonchev–Trinajstić information content (AvgIpc) is 3.43. The maximum Gasteiger partial charge on any atom is 0.249 e. The summed E-state index contributed by atoms with van der Waals surface area (Å²) >= 11 is 12.6. The number of nitrogens with zero attached hydrogens (tertiary/aromatic N) is 3. The van der Waals surface area contributed by atoms with Crippen LogP contribution in [-0.2, 0) is 0 Å². The molecular formula is C24H16Cl2F2N8. The van der Waals surface area contributed by atoms with Gasteiger partial charge >= 0.3 is 0 Å². The molecule has 4 aromatic rings. The topological polar surface area (TPSA) is 110 Å². The Bertz CT molecular complexity index is 1590. The van der Waals surface area contributed by atoms with Crippen LogP contribution < -0.4 is 27.0 Å². The fourth-order valence-corrected chi connectivity index (χ4v) is 4.02. The molecule has 1 aliphatic heterocycles. The van der Waals surface area contributed by atoms with Crippen molar-refractivity contribution in [2.75, 3.05) is 10.6 Å². The first-order valence-corrected chi connectivity index (χ1v) is 11.2. The number of hydrogen-bond donors (Lipinski definition) is 5. The SMILES string of the molecule is [2H][C@](Nc1cc(Cl)c2ncc(C#N)c(Nc3cnc(F)c(F)c3)c2c1)(C1=CNNN1)c1ccc(Cl)cc1. The largest absolute Gasteiger partial charge is 0.373 e. The highest BCUT2D eigenvalue weighted by Crippen LogP contribution is 2.36.